The van der Waals surface area contributed by atoms with Crippen LogP contribution in [0.2, 0.25) is 5.02 Å². The maximum absolute atomic E-state index is 5.78. The van der Waals surface area contributed by atoms with Crippen molar-refractivity contribution in [1.82, 2.24) is 0 Å². The summed E-state index contributed by atoms with van der Waals surface area (Å²) < 4.78 is 5.32. The van der Waals surface area contributed by atoms with Crippen LogP contribution in [-0.2, 0) is 0 Å². The third kappa shape index (κ3) is 2.43. The molecule has 0 saturated carbocycles. The highest BCUT2D eigenvalue weighted by atomic mass is 35.5. The number of benzene rings is 1. The molecule has 0 saturated heterocycles. The fourth-order valence-electron chi connectivity index (χ4n) is 0.725. The summed E-state index contributed by atoms with van der Waals surface area (Å²) in [7, 11) is 0. The van der Waals surface area contributed by atoms with Gasteiger partial charge in [-0.2, -0.15) is 0 Å². The van der Waals surface area contributed by atoms with E-state index in [0.717, 1.165) is 12.2 Å². The van der Waals surface area contributed by atoms with Gasteiger partial charge in [0.2, 0.25) is 0 Å². The summed E-state index contributed by atoms with van der Waals surface area (Å²) in [6.07, 6.45) is 0.991. The molecule has 0 aliphatic rings. The van der Waals surface area contributed by atoms with E-state index in [4.69, 9.17) is 16.3 Å². The molecule has 1 nitrogen and oxygen atoms in total. The second kappa shape index (κ2) is 4.24. The molecule has 0 unspecified atom stereocenters. The molecule has 1 aromatic carbocycles. The SMILES string of the molecule is CCCOc1ccc[c]c1Cl. The van der Waals surface area contributed by atoms with Gasteiger partial charge in [-0.3, -0.25) is 0 Å². The second-order valence-electron chi connectivity index (χ2n) is 2.20. The molecule has 0 amide bonds. The van der Waals surface area contributed by atoms with Gasteiger partial charge in [-0.1, -0.05) is 30.7 Å². The molecule has 0 N–H and O–H groups in total. The third-order valence-corrected chi connectivity index (χ3v) is 1.53. The summed E-state index contributed by atoms with van der Waals surface area (Å²) >= 11 is 5.78. The van der Waals surface area contributed by atoms with Crippen molar-refractivity contribution in [3.05, 3.63) is 29.3 Å². The fourth-order valence-corrected chi connectivity index (χ4v) is 0.905. The Morgan fingerprint density at radius 1 is 1.64 bits per heavy atom. The van der Waals surface area contributed by atoms with Crippen LogP contribution >= 0.6 is 11.6 Å². The van der Waals surface area contributed by atoms with Crippen molar-refractivity contribution in [3.8, 4) is 5.75 Å². The van der Waals surface area contributed by atoms with Crippen molar-refractivity contribution >= 4 is 11.6 Å². The van der Waals surface area contributed by atoms with E-state index in [-0.39, 0.29) is 0 Å². The molecule has 1 rings (SSSR count). The van der Waals surface area contributed by atoms with Crippen molar-refractivity contribution in [3.63, 3.8) is 0 Å². The Morgan fingerprint density at radius 2 is 2.45 bits per heavy atom. The lowest BCUT2D eigenvalue weighted by Gasteiger charge is -2.04. The first-order valence-electron chi connectivity index (χ1n) is 3.63. The molecule has 0 bridgehead atoms. The molecule has 0 aliphatic carbocycles. The predicted molar refractivity (Wildman–Crippen MR) is 46.1 cm³/mol. The summed E-state index contributed by atoms with van der Waals surface area (Å²) in [5, 5.41) is 0.556. The van der Waals surface area contributed by atoms with E-state index < -0.39 is 0 Å². The van der Waals surface area contributed by atoms with Gasteiger partial charge in [-0.25, -0.2) is 0 Å². The van der Waals surface area contributed by atoms with Gasteiger partial charge in [0.25, 0.3) is 0 Å². The summed E-state index contributed by atoms with van der Waals surface area (Å²) in [5.74, 6) is 0.719. The Labute approximate surface area is 71.9 Å². The van der Waals surface area contributed by atoms with Crippen LogP contribution in [0.4, 0.5) is 0 Å². The first kappa shape index (κ1) is 8.41. The van der Waals surface area contributed by atoms with Crippen LogP contribution in [0.15, 0.2) is 18.2 Å². The third-order valence-electron chi connectivity index (χ3n) is 1.23. The van der Waals surface area contributed by atoms with Crippen molar-refractivity contribution in [1.29, 1.82) is 0 Å². The van der Waals surface area contributed by atoms with Crippen LogP contribution in [0.1, 0.15) is 13.3 Å². The van der Waals surface area contributed by atoms with Gasteiger partial charge in [0.05, 0.1) is 11.6 Å². The highest BCUT2D eigenvalue weighted by Gasteiger charge is 1.97. The van der Waals surface area contributed by atoms with Crippen LogP contribution in [0.25, 0.3) is 0 Å². The van der Waals surface area contributed by atoms with Gasteiger partial charge in [0.15, 0.2) is 0 Å². The molecular weight excluding hydrogens is 160 g/mol. The van der Waals surface area contributed by atoms with Gasteiger partial charge < -0.3 is 4.74 Å². The average Bonchev–Trinajstić information content (AvgIpc) is 2.03. The number of hydrogen-bond donors (Lipinski definition) is 0. The predicted octanol–water partition coefficient (Wildman–Crippen LogP) is 2.93. The lowest BCUT2D eigenvalue weighted by molar-refractivity contribution is 0.317. The zero-order chi connectivity index (χ0) is 8.10. The molecule has 11 heavy (non-hydrogen) atoms. The van der Waals surface area contributed by atoms with Gasteiger partial charge >= 0.3 is 0 Å². The van der Waals surface area contributed by atoms with Gasteiger partial charge in [-0.15, -0.1) is 0 Å². The number of hydrogen-bond acceptors (Lipinski definition) is 1. The summed E-state index contributed by atoms with van der Waals surface area (Å²) in [6.45, 7) is 2.76. The van der Waals surface area contributed by atoms with E-state index in [9.17, 15) is 0 Å². The van der Waals surface area contributed by atoms with E-state index in [2.05, 4.69) is 13.0 Å². The Hall–Kier alpha value is -0.690. The molecule has 59 valence electrons. The molecule has 1 aromatic rings. The van der Waals surface area contributed by atoms with Gasteiger partial charge in [-0.05, 0) is 12.5 Å². The Morgan fingerprint density at radius 3 is 3.09 bits per heavy atom. The molecule has 0 aromatic heterocycles. The van der Waals surface area contributed by atoms with Gasteiger partial charge in [0.1, 0.15) is 5.75 Å². The first-order chi connectivity index (χ1) is 5.34. The topological polar surface area (TPSA) is 9.23 Å². The monoisotopic (exact) mass is 169 g/mol. The highest BCUT2D eigenvalue weighted by molar-refractivity contribution is 6.31. The summed E-state index contributed by atoms with van der Waals surface area (Å²) in [6, 6.07) is 8.31. The van der Waals surface area contributed by atoms with Crippen LogP contribution in [0.3, 0.4) is 0 Å². The van der Waals surface area contributed by atoms with Crippen molar-refractivity contribution in [2.75, 3.05) is 6.61 Å². The maximum atomic E-state index is 5.78. The zero-order valence-electron chi connectivity index (χ0n) is 6.43. The largest absolute Gasteiger partial charge is 0.492 e. The van der Waals surface area contributed by atoms with E-state index in [0.29, 0.717) is 11.6 Å². The smallest absolute Gasteiger partial charge is 0.138 e. The molecule has 2 heteroatoms. The minimum absolute atomic E-state index is 0.556. The molecule has 1 radical (unpaired) electrons. The Balaban J connectivity index is 2.62. The van der Waals surface area contributed by atoms with Gasteiger partial charge in [0, 0.05) is 6.07 Å². The minimum Gasteiger partial charge on any atom is -0.492 e. The molecule has 0 atom stereocenters. The second-order valence-corrected chi connectivity index (χ2v) is 2.57. The summed E-state index contributed by atoms with van der Waals surface area (Å²) in [5.41, 5.74) is 0. The normalized spacial score (nSPS) is 9.64. The molecule has 0 spiro atoms. The summed E-state index contributed by atoms with van der Waals surface area (Å²) in [4.78, 5) is 0. The zero-order valence-corrected chi connectivity index (χ0v) is 7.19. The van der Waals surface area contributed by atoms with Crippen LogP contribution in [-0.4, -0.2) is 6.61 Å². The van der Waals surface area contributed by atoms with Crippen LogP contribution in [0, 0.1) is 6.07 Å². The quantitative estimate of drug-likeness (QED) is 0.676. The van der Waals surface area contributed by atoms with E-state index in [1.54, 1.807) is 6.07 Å². The maximum Gasteiger partial charge on any atom is 0.138 e. The van der Waals surface area contributed by atoms with Crippen molar-refractivity contribution in [2.24, 2.45) is 0 Å². The molecular formula is C9H10ClO. The molecule has 0 heterocycles. The van der Waals surface area contributed by atoms with Crippen molar-refractivity contribution in [2.45, 2.75) is 13.3 Å². The lowest BCUT2D eigenvalue weighted by atomic mass is 10.3. The highest BCUT2D eigenvalue weighted by Crippen LogP contribution is 2.22. The van der Waals surface area contributed by atoms with E-state index in [1.807, 2.05) is 12.1 Å². The van der Waals surface area contributed by atoms with E-state index in [1.165, 1.54) is 0 Å². The van der Waals surface area contributed by atoms with E-state index >= 15 is 0 Å². The number of rotatable bonds is 3. The number of ether oxygens (including phenoxy) is 1. The van der Waals surface area contributed by atoms with Crippen molar-refractivity contribution < 1.29 is 4.74 Å². The Kier molecular flexibility index (Phi) is 3.24. The van der Waals surface area contributed by atoms with Crippen LogP contribution < -0.4 is 4.74 Å². The standard InChI is InChI=1S/C9H10ClO/c1-2-7-11-9-6-4-3-5-8(9)10/h3-4,6H,2,7H2,1H3. The first-order valence-corrected chi connectivity index (χ1v) is 4.01. The number of halogens is 1. The minimum atomic E-state index is 0.556. The molecule has 0 fully saturated rings. The Bertz CT molecular complexity index is 223. The van der Waals surface area contributed by atoms with Crippen LogP contribution in [0.5, 0.6) is 5.75 Å². The lowest BCUT2D eigenvalue weighted by Crippen LogP contribution is -1.94. The fraction of sp³-hybridized carbons (Fsp3) is 0.333. The molecule has 0 aliphatic heterocycles. The average molecular weight is 170 g/mol.